The standard InChI is InChI=1S/C14H23N3OS/c1-3-11-8-17(14(18)4-2)6-5-13(11)15-7-12-9-19-10-16-12/h9-11,13,15H,3-8H2,1-2H3/t11-,13-/m0/s1. The number of carbonyl (C=O) groups excluding carboxylic acids is 1. The van der Waals surface area contributed by atoms with Crippen molar-refractivity contribution in [3.63, 3.8) is 0 Å². The maximum absolute atomic E-state index is 11.8. The third kappa shape index (κ3) is 3.76. The highest BCUT2D eigenvalue weighted by atomic mass is 32.1. The number of likely N-dealkylation sites (tertiary alicyclic amines) is 1. The highest BCUT2D eigenvalue weighted by Crippen LogP contribution is 2.21. The predicted octanol–water partition coefficient (Wildman–Crippen LogP) is 2.27. The van der Waals surface area contributed by atoms with E-state index in [4.69, 9.17) is 0 Å². The molecule has 1 saturated heterocycles. The minimum atomic E-state index is 0.288. The number of rotatable bonds is 5. The van der Waals surface area contributed by atoms with E-state index in [9.17, 15) is 4.79 Å². The summed E-state index contributed by atoms with van der Waals surface area (Å²) in [6.07, 6.45) is 2.78. The summed E-state index contributed by atoms with van der Waals surface area (Å²) in [5, 5.41) is 5.70. The Bertz CT molecular complexity index is 393. The SMILES string of the molecule is CCC(=O)N1CC[C@H](NCc2cscn2)[C@@H](CC)C1. The molecule has 1 aromatic rings. The van der Waals surface area contributed by atoms with Gasteiger partial charge in [-0.2, -0.15) is 0 Å². The highest BCUT2D eigenvalue weighted by Gasteiger charge is 2.29. The van der Waals surface area contributed by atoms with Crippen LogP contribution >= 0.6 is 11.3 Å². The Balaban J connectivity index is 1.86. The van der Waals surface area contributed by atoms with Crippen molar-refractivity contribution in [2.45, 2.75) is 45.7 Å². The Morgan fingerprint density at radius 1 is 1.58 bits per heavy atom. The van der Waals surface area contributed by atoms with Crippen LogP contribution in [-0.4, -0.2) is 34.9 Å². The number of carbonyl (C=O) groups is 1. The van der Waals surface area contributed by atoms with Crippen molar-refractivity contribution in [3.05, 3.63) is 16.6 Å². The lowest BCUT2D eigenvalue weighted by Crippen LogP contribution is -2.50. The summed E-state index contributed by atoms with van der Waals surface area (Å²) < 4.78 is 0. The summed E-state index contributed by atoms with van der Waals surface area (Å²) in [6.45, 7) is 6.78. The zero-order chi connectivity index (χ0) is 13.7. The van der Waals surface area contributed by atoms with Crippen LogP contribution in [0.15, 0.2) is 10.9 Å². The van der Waals surface area contributed by atoms with E-state index < -0.39 is 0 Å². The second kappa shape index (κ2) is 7.01. The molecule has 0 aliphatic carbocycles. The van der Waals surface area contributed by atoms with E-state index in [1.54, 1.807) is 11.3 Å². The summed E-state index contributed by atoms with van der Waals surface area (Å²) in [4.78, 5) is 18.1. The van der Waals surface area contributed by atoms with Gasteiger partial charge in [0, 0.05) is 37.5 Å². The van der Waals surface area contributed by atoms with Crippen molar-refractivity contribution in [1.29, 1.82) is 0 Å². The van der Waals surface area contributed by atoms with Gasteiger partial charge in [-0.05, 0) is 12.3 Å². The molecule has 1 N–H and O–H groups in total. The molecule has 2 heterocycles. The normalized spacial score (nSPS) is 23.6. The van der Waals surface area contributed by atoms with E-state index in [-0.39, 0.29) is 5.91 Å². The Labute approximate surface area is 119 Å². The van der Waals surface area contributed by atoms with Crippen LogP contribution in [0, 0.1) is 5.92 Å². The second-order valence-electron chi connectivity index (χ2n) is 5.12. The molecular weight excluding hydrogens is 258 g/mol. The van der Waals surface area contributed by atoms with Crippen LogP contribution < -0.4 is 5.32 Å². The molecule has 5 heteroatoms. The Hall–Kier alpha value is -0.940. The van der Waals surface area contributed by atoms with Gasteiger partial charge in [0.05, 0.1) is 11.2 Å². The number of piperidine rings is 1. The molecule has 19 heavy (non-hydrogen) atoms. The van der Waals surface area contributed by atoms with Gasteiger partial charge in [0.2, 0.25) is 5.91 Å². The molecule has 0 saturated carbocycles. The molecule has 1 aromatic heterocycles. The summed E-state index contributed by atoms with van der Waals surface area (Å²) in [5.41, 5.74) is 2.99. The van der Waals surface area contributed by atoms with Gasteiger partial charge in [-0.3, -0.25) is 4.79 Å². The van der Waals surface area contributed by atoms with Crippen LogP contribution in [0.5, 0.6) is 0 Å². The molecule has 1 fully saturated rings. The molecular formula is C14H23N3OS. The van der Waals surface area contributed by atoms with Gasteiger partial charge in [0.15, 0.2) is 0 Å². The van der Waals surface area contributed by atoms with Crippen molar-refractivity contribution in [2.75, 3.05) is 13.1 Å². The third-order valence-corrected chi connectivity index (χ3v) is 4.58. The molecule has 2 atom stereocenters. The smallest absolute Gasteiger partial charge is 0.222 e. The average Bonchev–Trinajstić information content (AvgIpc) is 2.97. The van der Waals surface area contributed by atoms with E-state index in [2.05, 4.69) is 22.6 Å². The average molecular weight is 281 g/mol. The van der Waals surface area contributed by atoms with Crippen molar-refractivity contribution in [3.8, 4) is 0 Å². The zero-order valence-electron chi connectivity index (χ0n) is 11.8. The number of thiazole rings is 1. The van der Waals surface area contributed by atoms with Crippen LogP contribution in [0.3, 0.4) is 0 Å². The summed E-state index contributed by atoms with van der Waals surface area (Å²) in [7, 11) is 0. The van der Waals surface area contributed by atoms with Crippen LogP contribution in [0.4, 0.5) is 0 Å². The van der Waals surface area contributed by atoms with Gasteiger partial charge in [-0.25, -0.2) is 4.98 Å². The Morgan fingerprint density at radius 3 is 3.05 bits per heavy atom. The molecule has 1 aliphatic heterocycles. The lowest BCUT2D eigenvalue weighted by atomic mass is 9.89. The second-order valence-corrected chi connectivity index (χ2v) is 5.84. The van der Waals surface area contributed by atoms with Crippen LogP contribution in [0.2, 0.25) is 0 Å². The summed E-state index contributed by atoms with van der Waals surface area (Å²) >= 11 is 1.64. The van der Waals surface area contributed by atoms with Crippen molar-refractivity contribution in [1.82, 2.24) is 15.2 Å². The van der Waals surface area contributed by atoms with E-state index in [1.807, 2.05) is 17.3 Å². The molecule has 1 amide bonds. The number of hydrogen-bond donors (Lipinski definition) is 1. The molecule has 0 aromatic carbocycles. The first-order valence-corrected chi connectivity index (χ1v) is 8.07. The van der Waals surface area contributed by atoms with Crippen molar-refractivity contribution < 1.29 is 4.79 Å². The lowest BCUT2D eigenvalue weighted by molar-refractivity contribution is -0.133. The van der Waals surface area contributed by atoms with Crippen LogP contribution in [0.1, 0.15) is 38.8 Å². The minimum absolute atomic E-state index is 0.288. The molecule has 106 valence electrons. The number of nitrogens with zero attached hydrogens (tertiary/aromatic N) is 2. The van der Waals surface area contributed by atoms with Gasteiger partial charge in [-0.15, -0.1) is 11.3 Å². The summed E-state index contributed by atoms with van der Waals surface area (Å²) in [6, 6.07) is 0.507. The van der Waals surface area contributed by atoms with Crippen molar-refractivity contribution >= 4 is 17.2 Å². The van der Waals surface area contributed by atoms with Gasteiger partial charge < -0.3 is 10.2 Å². The molecule has 0 radical (unpaired) electrons. The first-order chi connectivity index (χ1) is 9.24. The number of aromatic nitrogens is 1. The van der Waals surface area contributed by atoms with Crippen LogP contribution in [-0.2, 0) is 11.3 Å². The molecule has 4 nitrogen and oxygen atoms in total. The molecule has 2 rings (SSSR count). The fraction of sp³-hybridized carbons (Fsp3) is 0.714. The van der Waals surface area contributed by atoms with E-state index in [0.717, 1.165) is 38.2 Å². The maximum Gasteiger partial charge on any atom is 0.222 e. The van der Waals surface area contributed by atoms with Crippen LogP contribution in [0.25, 0.3) is 0 Å². The third-order valence-electron chi connectivity index (χ3n) is 3.94. The number of nitrogens with one attached hydrogen (secondary N) is 1. The van der Waals surface area contributed by atoms with Gasteiger partial charge in [-0.1, -0.05) is 20.3 Å². The number of amides is 1. The minimum Gasteiger partial charge on any atom is -0.342 e. The van der Waals surface area contributed by atoms with E-state index in [0.29, 0.717) is 18.4 Å². The molecule has 1 aliphatic rings. The summed E-state index contributed by atoms with van der Waals surface area (Å²) in [5.74, 6) is 0.847. The molecule has 0 unspecified atom stereocenters. The van der Waals surface area contributed by atoms with Gasteiger partial charge in [0.25, 0.3) is 0 Å². The van der Waals surface area contributed by atoms with Gasteiger partial charge >= 0.3 is 0 Å². The molecule has 0 spiro atoms. The largest absolute Gasteiger partial charge is 0.342 e. The lowest BCUT2D eigenvalue weighted by Gasteiger charge is -2.38. The fourth-order valence-electron chi connectivity index (χ4n) is 2.73. The highest BCUT2D eigenvalue weighted by molar-refractivity contribution is 7.07. The first kappa shape index (κ1) is 14.5. The predicted molar refractivity (Wildman–Crippen MR) is 78.0 cm³/mol. The topological polar surface area (TPSA) is 45.2 Å². The number of hydrogen-bond acceptors (Lipinski definition) is 4. The van der Waals surface area contributed by atoms with Crippen molar-refractivity contribution in [2.24, 2.45) is 5.92 Å². The van der Waals surface area contributed by atoms with E-state index >= 15 is 0 Å². The fourth-order valence-corrected chi connectivity index (χ4v) is 3.28. The first-order valence-electron chi connectivity index (χ1n) is 7.12. The van der Waals surface area contributed by atoms with Gasteiger partial charge in [0.1, 0.15) is 0 Å². The Morgan fingerprint density at radius 2 is 2.42 bits per heavy atom. The zero-order valence-corrected chi connectivity index (χ0v) is 12.6. The quantitative estimate of drug-likeness (QED) is 0.900. The molecule has 0 bridgehead atoms. The van der Waals surface area contributed by atoms with E-state index in [1.165, 1.54) is 0 Å². The monoisotopic (exact) mass is 281 g/mol. The Kier molecular flexibility index (Phi) is 5.34. The maximum atomic E-state index is 11.8.